The zero-order valence-corrected chi connectivity index (χ0v) is 11.0. The number of aromatic nitrogens is 4. The van der Waals surface area contributed by atoms with Gasteiger partial charge in [-0.2, -0.15) is 5.10 Å². The van der Waals surface area contributed by atoms with Crippen LogP contribution in [0.4, 0.5) is 4.39 Å². The molecule has 0 bridgehead atoms. The molecule has 7 heteroatoms. The predicted molar refractivity (Wildman–Crippen MR) is 72.1 cm³/mol. The molecule has 4 rings (SSSR count). The molecule has 3 aromatic heterocycles. The van der Waals surface area contributed by atoms with E-state index in [1.54, 1.807) is 29.6 Å². The van der Waals surface area contributed by atoms with Crippen molar-refractivity contribution in [2.45, 2.75) is 12.5 Å². The first-order valence-corrected chi connectivity index (χ1v) is 6.65. The summed E-state index contributed by atoms with van der Waals surface area (Å²) in [5, 5.41) is 4.40. The SMILES string of the molecule is O=CN1CCc2[nH]cnc2[C@H]1c1cc2c(F)cccn2n1. The molecule has 0 aromatic carbocycles. The van der Waals surface area contributed by atoms with Crippen molar-refractivity contribution in [1.29, 1.82) is 0 Å². The number of nitrogens with one attached hydrogen (secondary N) is 1. The number of hydrogen-bond donors (Lipinski definition) is 1. The van der Waals surface area contributed by atoms with Crippen molar-refractivity contribution in [3.8, 4) is 0 Å². The van der Waals surface area contributed by atoms with Crippen molar-refractivity contribution in [1.82, 2.24) is 24.5 Å². The first kappa shape index (κ1) is 12.1. The van der Waals surface area contributed by atoms with E-state index in [0.29, 0.717) is 17.8 Å². The number of rotatable bonds is 2. The standard InChI is InChI=1S/C14H12FN5O/c15-9-2-1-4-20-12(9)6-11(18-20)14-13-10(16-7-17-13)3-5-19(14)8-21/h1-2,4,6-8,14H,3,5H2,(H,16,17)/t14-/m1/s1. The van der Waals surface area contributed by atoms with Crippen LogP contribution in [0.5, 0.6) is 0 Å². The van der Waals surface area contributed by atoms with Gasteiger partial charge in [0, 0.05) is 24.9 Å². The normalized spacial score (nSPS) is 18.0. The van der Waals surface area contributed by atoms with Gasteiger partial charge in [0.2, 0.25) is 6.41 Å². The van der Waals surface area contributed by atoms with Gasteiger partial charge in [-0.25, -0.2) is 13.9 Å². The zero-order chi connectivity index (χ0) is 14.4. The van der Waals surface area contributed by atoms with E-state index in [1.165, 1.54) is 10.6 Å². The number of hydrogen-bond acceptors (Lipinski definition) is 3. The number of halogens is 1. The maximum atomic E-state index is 13.8. The first-order valence-electron chi connectivity index (χ1n) is 6.65. The van der Waals surface area contributed by atoms with Crippen molar-refractivity contribution >= 4 is 11.9 Å². The van der Waals surface area contributed by atoms with Crippen LogP contribution in [0.3, 0.4) is 0 Å². The summed E-state index contributed by atoms with van der Waals surface area (Å²) >= 11 is 0. The van der Waals surface area contributed by atoms with Gasteiger partial charge in [0.25, 0.3) is 0 Å². The molecule has 3 aromatic rings. The van der Waals surface area contributed by atoms with E-state index in [2.05, 4.69) is 15.1 Å². The lowest BCUT2D eigenvalue weighted by atomic mass is 10.0. The Balaban J connectivity index is 1.90. The summed E-state index contributed by atoms with van der Waals surface area (Å²) in [6, 6.07) is 4.27. The number of imidazole rings is 1. The molecule has 0 unspecified atom stereocenters. The summed E-state index contributed by atoms with van der Waals surface area (Å²) in [6.07, 6.45) is 4.82. The molecule has 0 saturated carbocycles. The molecule has 0 saturated heterocycles. The molecular formula is C14H12FN5O. The molecule has 21 heavy (non-hydrogen) atoms. The largest absolute Gasteiger partial charge is 0.348 e. The Morgan fingerprint density at radius 2 is 2.38 bits per heavy atom. The lowest BCUT2D eigenvalue weighted by Crippen LogP contribution is -2.35. The van der Waals surface area contributed by atoms with E-state index in [9.17, 15) is 9.18 Å². The van der Waals surface area contributed by atoms with Gasteiger partial charge in [-0.05, 0) is 18.2 Å². The summed E-state index contributed by atoms with van der Waals surface area (Å²) in [5.41, 5.74) is 2.77. The van der Waals surface area contributed by atoms with Crippen molar-refractivity contribution < 1.29 is 9.18 Å². The fourth-order valence-corrected chi connectivity index (χ4v) is 2.85. The van der Waals surface area contributed by atoms with Gasteiger partial charge in [-0.1, -0.05) is 0 Å². The Kier molecular flexibility index (Phi) is 2.53. The molecule has 1 N–H and O–H groups in total. The summed E-state index contributed by atoms with van der Waals surface area (Å²) in [4.78, 5) is 20.4. The molecule has 1 atom stereocenters. The van der Waals surface area contributed by atoms with Gasteiger partial charge >= 0.3 is 0 Å². The van der Waals surface area contributed by atoms with E-state index in [0.717, 1.165) is 24.2 Å². The molecule has 1 aliphatic rings. The number of fused-ring (bicyclic) bond motifs is 2. The minimum atomic E-state index is -0.378. The molecule has 0 fully saturated rings. The highest BCUT2D eigenvalue weighted by Gasteiger charge is 2.32. The number of carbonyl (C=O) groups excluding carboxylic acids is 1. The summed E-state index contributed by atoms with van der Waals surface area (Å²) in [7, 11) is 0. The third-order valence-corrected chi connectivity index (χ3v) is 3.85. The van der Waals surface area contributed by atoms with Crippen molar-refractivity contribution in [3.05, 3.63) is 53.6 Å². The van der Waals surface area contributed by atoms with Crippen LogP contribution in [0, 0.1) is 5.82 Å². The lowest BCUT2D eigenvalue weighted by molar-refractivity contribution is -0.120. The van der Waals surface area contributed by atoms with Crippen LogP contribution in [-0.2, 0) is 11.2 Å². The van der Waals surface area contributed by atoms with E-state index in [-0.39, 0.29) is 11.9 Å². The smallest absolute Gasteiger partial charge is 0.210 e. The lowest BCUT2D eigenvalue weighted by Gasteiger charge is -2.30. The highest BCUT2D eigenvalue weighted by Crippen LogP contribution is 2.32. The second-order valence-electron chi connectivity index (χ2n) is 5.02. The fraction of sp³-hybridized carbons (Fsp3) is 0.214. The Morgan fingerprint density at radius 3 is 3.19 bits per heavy atom. The maximum Gasteiger partial charge on any atom is 0.210 e. The van der Waals surface area contributed by atoms with E-state index < -0.39 is 0 Å². The van der Waals surface area contributed by atoms with Gasteiger partial charge in [0.05, 0.1) is 17.7 Å². The molecule has 1 aliphatic heterocycles. The van der Waals surface area contributed by atoms with Crippen molar-refractivity contribution in [3.63, 3.8) is 0 Å². The Hall–Kier alpha value is -2.70. The molecule has 106 valence electrons. The highest BCUT2D eigenvalue weighted by atomic mass is 19.1. The Bertz CT molecular complexity index is 824. The average molecular weight is 285 g/mol. The second kappa shape index (κ2) is 4.41. The van der Waals surface area contributed by atoms with Crippen LogP contribution in [0.15, 0.2) is 30.7 Å². The number of H-pyrrole nitrogens is 1. The molecule has 6 nitrogen and oxygen atoms in total. The summed E-state index contributed by atoms with van der Waals surface area (Å²) < 4.78 is 15.3. The maximum absolute atomic E-state index is 13.8. The van der Waals surface area contributed by atoms with E-state index >= 15 is 0 Å². The topological polar surface area (TPSA) is 66.3 Å². The van der Waals surface area contributed by atoms with Crippen molar-refractivity contribution in [2.24, 2.45) is 0 Å². The number of carbonyl (C=O) groups is 1. The quantitative estimate of drug-likeness (QED) is 0.722. The van der Waals surface area contributed by atoms with Gasteiger partial charge in [-0.3, -0.25) is 4.79 Å². The highest BCUT2D eigenvalue weighted by molar-refractivity contribution is 5.55. The van der Waals surface area contributed by atoms with Crippen LogP contribution in [0.2, 0.25) is 0 Å². The number of aromatic amines is 1. The van der Waals surface area contributed by atoms with Gasteiger partial charge in [0.15, 0.2) is 0 Å². The summed E-state index contributed by atoms with van der Waals surface area (Å²) in [5.74, 6) is -0.341. The molecule has 4 heterocycles. The Morgan fingerprint density at radius 1 is 1.48 bits per heavy atom. The second-order valence-corrected chi connectivity index (χ2v) is 5.02. The molecular weight excluding hydrogens is 273 g/mol. The van der Waals surface area contributed by atoms with Gasteiger partial charge in [-0.15, -0.1) is 0 Å². The molecule has 0 radical (unpaired) electrons. The summed E-state index contributed by atoms with van der Waals surface area (Å²) in [6.45, 7) is 0.583. The monoisotopic (exact) mass is 285 g/mol. The minimum absolute atomic E-state index is 0.341. The minimum Gasteiger partial charge on any atom is -0.348 e. The van der Waals surface area contributed by atoms with E-state index in [1.807, 2.05) is 0 Å². The van der Waals surface area contributed by atoms with Crippen LogP contribution in [0.25, 0.3) is 5.52 Å². The molecule has 1 amide bonds. The van der Waals surface area contributed by atoms with Crippen LogP contribution in [-0.4, -0.2) is 37.4 Å². The Labute approximate surface area is 119 Å². The van der Waals surface area contributed by atoms with Gasteiger partial charge < -0.3 is 9.88 Å². The number of amides is 1. The van der Waals surface area contributed by atoms with Gasteiger partial charge in [0.1, 0.15) is 17.4 Å². The first-order chi connectivity index (χ1) is 10.3. The zero-order valence-electron chi connectivity index (χ0n) is 11.0. The van der Waals surface area contributed by atoms with Crippen LogP contribution in [0.1, 0.15) is 23.1 Å². The van der Waals surface area contributed by atoms with E-state index in [4.69, 9.17) is 0 Å². The van der Waals surface area contributed by atoms with Crippen LogP contribution < -0.4 is 0 Å². The number of nitrogens with zero attached hydrogens (tertiary/aromatic N) is 4. The number of pyridine rings is 1. The van der Waals surface area contributed by atoms with Crippen LogP contribution >= 0.6 is 0 Å². The molecule has 0 spiro atoms. The average Bonchev–Trinajstić information content (AvgIpc) is 3.12. The third kappa shape index (κ3) is 1.74. The third-order valence-electron chi connectivity index (χ3n) is 3.85. The molecule has 0 aliphatic carbocycles. The predicted octanol–water partition coefficient (Wildman–Crippen LogP) is 1.30. The fourth-order valence-electron chi connectivity index (χ4n) is 2.85. The van der Waals surface area contributed by atoms with Crippen molar-refractivity contribution in [2.75, 3.05) is 6.54 Å².